The molecule has 1 fully saturated rings. The Kier molecular flexibility index (Phi) is 6.43. The molecular formula is C24H27N5O2. The summed E-state index contributed by atoms with van der Waals surface area (Å²) in [6, 6.07) is 21.0. The molecule has 1 aliphatic rings. The van der Waals surface area contributed by atoms with E-state index < -0.39 is 0 Å². The molecule has 0 spiro atoms. The molecule has 2 amide bonds. The first-order valence-electron chi connectivity index (χ1n) is 10.6. The predicted molar refractivity (Wildman–Crippen MR) is 120 cm³/mol. The van der Waals surface area contributed by atoms with Gasteiger partial charge < -0.3 is 10.6 Å². The van der Waals surface area contributed by atoms with Gasteiger partial charge in [0, 0.05) is 30.8 Å². The van der Waals surface area contributed by atoms with Gasteiger partial charge in [-0.25, -0.2) is 4.68 Å². The molecule has 2 heterocycles. The minimum Gasteiger partial charge on any atom is -0.349 e. The second kappa shape index (κ2) is 9.57. The topological polar surface area (TPSA) is 79.3 Å². The molecule has 0 saturated carbocycles. The number of carbonyl (C=O) groups is 2. The van der Waals surface area contributed by atoms with Crippen LogP contribution in [0.15, 0.2) is 66.7 Å². The molecule has 1 aromatic heterocycles. The van der Waals surface area contributed by atoms with E-state index in [0.29, 0.717) is 17.9 Å². The Balaban J connectivity index is 1.28. The molecule has 0 radical (unpaired) electrons. The van der Waals surface area contributed by atoms with E-state index in [1.165, 1.54) is 0 Å². The van der Waals surface area contributed by atoms with Crippen molar-refractivity contribution in [3.05, 3.63) is 78.0 Å². The molecule has 3 aromatic rings. The lowest BCUT2D eigenvalue weighted by Gasteiger charge is -2.31. The van der Waals surface area contributed by atoms with Crippen LogP contribution in [0.2, 0.25) is 0 Å². The second-order valence-electron chi connectivity index (χ2n) is 7.86. The van der Waals surface area contributed by atoms with E-state index in [1.807, 2.05) is 73.7 Å². The predicted octanol–water partition coefficient (Wildman–Crippen LogP) is 3.01. The Morgan fingerprint density at radius 3 is 2.32 bits per heavy atom. The highest BCUT2D eigenvalue weighted by Gasteiger charge is 2.23. The summed E-state index contributed by atoms with van der Waals surface area (Å²) in [5, 5.41) is 10.6. The average Bonchev–Trinajstić information content (AvgIpc) is 3.16. The molecule has 1 saturated heterocycles. The van der Waals surface area contributed by atoms with E-state index in [4.69, 9.17) is 0 Å². The first kappa shape index (κ1) is 20.8. The number of piperidine rings is 1. The molecule has 160 valence electrons. The largest absolute Gasteiger partial charge is 0.349 e. The Bertz CT molecular complexity index is 1020. The maximum Gasteiger partial charge on any atom is 0.251 e. The highest BCUT2D eigenvalue weighted by atomic mass is 16.2. The van der Waals surface area contributed by atoms with Gasteiger partial charge in [-0.2, -0.15) is 5.10 Å². The van der Waals surface area contributed by atoms with Crippen molar-refractivity contribution < 1.29 is 9.59 Å². The lowest BCUT2D eigenvalue weighted by Crippen LogP contribution is -2.46. The van der Waals surface area contributed by atoms with Crippen molar-refractivity contribution in [1.29, 1.82) is 0 Å². The number of para-hydroxylation sites is 1. The van der Waals surface area contributed by atoms with Crippen LogP contribution >= 0.6 is 0 Å². The average molecular weight is 418 g/mol. The van der Waals surface area contributed by atoms with Gasteiger partial charge in [0.25, 0.3) is 5.91 Å². The summed E-state index contributed by atoms with van der Waals surface area (Å²) in [5.74, 6) is 0.559. The van der Waals surface area contributed by atoms with Crippen molar-refractivity contribution in [2.75, 3.05) is 25.0 Å². The van der Waals surface area contributed by atoms with Crippen LogP contribution in [-0.4, -0.2) is 52.2 Å². The Hall–Kier alpha value is -3.45. The molecule has 7 nitrogen and oxygen atoms in total. The normalized spacial score (nSPS) is 14.9. The van der Waals surface area contributed by atoms with Crippen LogP contribution in [0.25, 0.3) is 5.69 Å². The molecule has 0 aliphatic carbocycles. The fourth-order valence-corrected chi connectivity index (χ4v) is 3.83. The number of aromatic nitrogens is 2. The fourth-order valence-electron chi connectivity index (χ4n) is 3.83. The fraction of sp³-hybridized carbons (Fsp3) is 0.292. The third-order valence-electron chi connectivity index (χ3n) is 5.43. The zero-order valence-corrected chi connectivity index (χ0v) is 17.6. The van der Waals surface area contributed by atoms with Gasteiger partial charge in [0.1, 0.15) is 5.82 Å². The number of anilines is 1. The van der Waals surface area contributed by atoms with E-state index >= 15 is 0 Å². The number of hydrogen-bond donors (Lipinski definition) is 2. The minimum atomic E-state index is -0.0659. The van der Waals surface area contributed by atoms with Crippen molar-refractivity contribution >= 4 is 17.6 Å². The van der Waals surface area contributed by atoms with E-state index in [2.05, 4.69) is 20.6 Å². The third-order valence-corrected chi connectivity index (χ3v) is 5.43. The Morgan fingerprint density at radius 1 is 1.00 bits per heavy atom. The first-order chi connectivity index (χ1) is 15.1. The molecule has 2 aromatic carbocycles. The Morgan fingerprint density at radius 2 is 1.65 bits per heavy atom. The quantitative estimate of drug-likeness (QED) is 0.646. The molecule has 1 aliphatic heterocycles. The molecule has 4 rings (SSSR count). The van der Waals surface area contributed by atoms with Crippen LogP contribution in [0.5, 0.6) is 0 Å². The van der Waals surface area contributed by atoms with E-state index in [9.17, 15) is 9.59 Å². The summed E-state index contributed by atoms with van der Waals surface area (Å²) in [5.41, 5.74) is 2.42. The van der Waals surface area contributed by atoms with E-state index in [1.54, 1.807) is 4.68 Å². The summed E-state index contributed by atoms with van der Waals surface area (Å²) < 4.78 is 1.75. The summed E-state index contributed by atoms with van der Waals surface area (Å²) in [6.45, 7) is 3.76. The van der Waals surface area contributed by atoms with E-state index in [0.717, 1.165) is 37.3 Å². The number of likely N-dealkylation sites (tertiary alicyclic amines) is 1. The summed E-state index contributed by atoms with van der Waals surface area (Å²) in [4.78, 5) is 27.1. The molecule has 0 bridgehead atoms. The van der Waals surface area contributed by atoms with Crippen molar-refractivity contribution in [3.63, 3.8) is 0 Å². The van der Waals surface area contributed by atoms with Crippen LogP contribution in [0, 0.1) is 6.92 Å². The SMILES string of the molecule is Cc1cc(NC(=O)CN2CCC(NC(=O)c3ccccc3)CC2)n(-c2ccccc2)n1. The zero-order valence-electron chi connectivity index (χ0n) is 17.6. The zero-order chi connectivity index (χ0) is 21.6. The van der Waals surface area contributed by atoms with Gasteiger partial charge in [0.15, 0.2) is 0 Å². The van der Waals surface area contributed by atoms with Crippen LogP contribution < -0.4 is 10.6 Å². The number of benzene rings is 2. The van der Waals surface area contributed by atoms with Gasteiger partial charge >= 0.3 is 0 Å². The van der Waals surface area contributed by atoms with E-state index in [-0.39, 0.29) is 17.9 Å². The number of nitrogens with zero attached hydrogens (tertiary/aromatic N) is 3. The van der Waals surface area contributed by atoms with Crippen LogP contribution in [0.4, 0.5) is 5.82 Å². The molecule has 0 atom stereocenters. The molecule has 0 unspecified atom stereocenters. The van der Waals surface area contributed by atoms with Crippen LogP contribution in [-0.2, 0) is 4.79 Å². The molecular weight excluding hydrogens is 390 g/mol. The number of rotatable bonds is 6. The molecule has 31 heavy (non-hydrogen) atoms. The number of hydrogen-bond acceptors (Lipinski definition) is 4. The maximum atomic E-state index is 12.7. The third kappa shape index (κ3) is 5.38. The summed E-state index contributed by atoms with van der Waals surface area (Å²) >= 11 is 0. The van der Waals surface area contributed by atoms with Gasteiger partial charge in [-0.1, -0.05) is 36.4 Å². The van der Waals surface area contributed by atoms with Crippen molar-refractivity contribution in [1.82, 2.24) is 20.0 Å². The van der Waals surface area contributed by atoms with Crippen molar-refractivity contribution in [2.45, 2.75) is 25.8 Å². The maximum absolute atomic E-state index is 12.7. The number of amides is 2. The smallest absolute Gasteiger partial charge is 0.251 e. The van der Waals surface area contributed by atoms with Crippen molar-refractivity contribution in [2.24, 2.45) is 0 Å². The number of carbonyl (C=O) groups excluding carboxylic acids is 2. The first-order valence-corrected chi connectivity index (χ1v) is 10.6. The standard InChI is InChI=1S/C24H27N5O2/c1-18-16-22(29(27-18)21-10-6-3-7-11-21)26-23(30)17-28-14-12-20(13-15-28)25-24(31)19-8-4-2-5-9-19/h2-11,16,20H,12-15,17H2,1H3,(H,25,31)(H,26,30). The Labute approximate surface area is 182 Å². The summed E-state index contributed by atoms with van der Waals surface area (Å²) in [7, 11) is 0. The van der Waals surface area contributed by atoms with Gasteiger partial charge in [-0.05, 0) is 44.0 Å². The van der Waals surface area contributed by atoms with Gasteiger partial charge in [-0.15, -0.1) is 0 Å². The van der Waals surface area contributed by atoms with Crippen LogP contribution in [0.3, 0.4) is 0 Å². The molecule has 2 N–H and O–H groups in total. The second-order valence-corrected chi connectivity index (χ2v) is 7.86. The molecule has 7 heteroatoms. The number of aryl methyl sites for hydroxylation is 1. The highest BCUT2D eigenvalue weighted by Crippen LogP contribution is 2.17. The van der Waals surface area contributed by atoms with Gasteiger partial charge in [0.2, 0.25) is 5.91 Å². The van der Waals surface area contributed by atoms with Gasteiger partial charge in [0.05, 0.1) is 17.9 Å². The lowest BCUT2D eigenvalue weighted by molar-refractivity contribution is -0.117. The number of nitrogens with one attached hydrogen (secondary N) is 2. The summed E-state index contributed by atoms with van der Waals surface area (Å²) in [6.07, 6.45) is 1.65. The monoisotopic (exact) mass is 417 g/mol. The van der Waals surface area contributed by atoms with Gasteiger partial charge in [-0.3, -0.25) is 14.5 Å². The highest BCUT2D eigenvalue weighted by molar-refractivity contribution is 5.94. The van der Waals surface area contributed by atoms with Crippen LogP contribution in [0.1, 0.15) is 28.9 Å². The van der Waals surface area contributed by atoms with Crippen molar-refractivity contribution in [3.8, 4) is 5.69 Å². The minimum absolute atomic E-state index is 0.0404. The lowest BCUT2D eigenvalue weighted by atomic mass is 10.0.